The molecule has 0 saturated carbocycles. The van der Waals surface area contributed by atoms with E-state index in [2.05, 4.69) is 54.3 Å². The van der Waals surface area contributed by atoms with Crippen molar-refractivity contribution in [1.29, 1.82) is 0 Å². The summed E-state index contributed by atoms with van der Waals surface area (Å²) < 4.78 is 0. The molecule has 1 unspecified atom stereocenters. The van der Waals surface area contributed by atoms with Gasteiger partial charge >= 0.3 is 5.97 Å². The van der Waals surface area contributed by atoms with Crippen LogP contribution in [0.25, 0.3) is 10.8 Å². The van der Waals surface area contributed by atoms with Gasteiger partial charge in [0.05, 0.1) is 0 Å². The number of unbranched alkanes of at least 4 members (excludes halogenated alkanes) is 1. The van der Waals surface area contributed by atoms with Gasteiger partial charge in [-0.2, -0.15) is 0 Å². The zero-order valence-electron chi connectivity index (χ0n) is 13.4. The predicted octanol–water partition coefficient (Wildman–Crippen LogP) is 1.47. The van der Waals surface area contributed by atoms with Crippen molar-refractivity contribution in [1.82, 2.24) is 0 Å². The molecule has 0 aliphatic rings. The van der Waals surface area contributed by atoms with Gasteiger partial charge in [-0.25, -0.2) is 0 Å². The average Bonchev–Trinajstić information content (AvgIpc) is 2.56. The van der Waals surface area contributed by atoms with Crippen LogP contribution in [0.1, 0.15) is 19.3 Å². The van der Waals surface area contributed by atoms with E-state index in [-0.39, 0.29) is 28.8 Å². The largest absolute Gasteiger partial charge is 0.480 e. The number of amides is 1. The Morgan fingerprint density at radius 1 is 1.04 bits per heavy atom. The minimum atomic E-state index is -0.933. The molecule has 2 aromatic rings. The Labute approximate surface area is 157 Å². The normalized spacial score (nSPS) is 10.1. The molecule has 0 spiro atoms. The fourth-order valence-corrected chi connectivity index (χ4v) is 1.76. The quantitative estimate of drug-likeness (QED) is 0.326. The van der Waals surface area contributed by atoms with Crippen LogP contribution in [0.4, 0.5) is 0 Å². The van der Waals surface area contributed by atoms with E-state index in [1.165, 1.54) is 10.8 Å². The van der Waals surface area contributed by atoms with Crippen molar-refractivity contribution >= 4 is 23.2 Å². The summed E-state index contributed by atoms with van der Waals surface area (Å²) in [5, 5.41) is 10.9. The van der Waals surface area contributed by atoms with Crippen molar-refractivity contribution in [2.24, 2.45) is 17.2 Å². The summed E-state index contributed by atoms with van der Waals surface area (Å²) in [4.78, 5) is 18.7. The molecule has 1 atom stereocenters. The first-order valence-electron chi connectivity index (χ1n) is 7.34. The number of hydrogen-bond donors (Lipinski definition) is 4. The van der Waals surface area contributed by atoms with Crippen LogP contribution < -0.4 is 17.2 Å². The first-order valence-corrected chi connectivity index (χ1v) is 7.34. The number of fused-ring (bicyclic) bond motifs is 1. The molecule has 2 aromatic carbocycles. The second kappa shape index (κ2) is 16.2. The average molecular weight is 427 g/mol. The second-order valence-corrected chi connectivity index (χ2v) is 4.71. The maximum Gasteiger partial charge on any atom is 0.320 e. The third-order valence-electron chi connectivity index (χ3n) is 2.95. The number of rotatable bonds is 5. The fraction of sp³-hybridized carbons (Fsp3) is 0.294. The van der Waals surface area contributed by atoms with Crippen LogP contribution in [0, 0.1) is 0 Å². The summed E-state index contributed by atoms with van der Waals surface area (Å²) >= 11 is 0. The molecular weight excluding hydrogens is 402 g/mol. The van der Waals surface area contributed by atoms with E-state index in [0.29, 0.717) is 13.0 Å². The van der Waals surface area contributed by atoms with Crippen molar-refractivity contribution in [3.05, 3.63) is 48.5 Å². The molecule has 0 aromatic heterocycles. The molecule has 0 aliphatic heterocycles. The van der Waals surface area contributed by atoms with Gasteiger partial charge in [0.1, 0.15) is 6.04 Å². The molecule has 0 aliphatic carbocycles. The van der Waals surface area contributed by atoms with Gasteiger partial charge in [-0.3, -0.25) is 9.59 Å². The second-order valence-electron chi connectivity index (χ2n) is 4.71. The number of nitrogens with two attached hydrogens (primary N) is 3. The van der Waals surface area contributed by atoms with Crippen molar-refractivity contribution in [2.75, 3.05) is 6.54 Å². The molecule has 24 heavy (non-hydrogen) atoms. The maximum absolute atomic E-state index is 10.1. The fourth-order valence-electron chi connectivity index (χ4n) is 1.76. The van der Waals surface area contributed by atoms with Gasteiger partial charge in [0, 0.05) is 22.4 Å². The first-order chi connectivity index (χ1) is 11.1. The number of carboxylic acids is 1. The topological polar surface area (TPSA) is 132 Å². The van der Waals surface area contributed by atoms with Crippen LogP contribution in [0.2, 0.25) is 0 Å². The van der Waals surface area contributed by atoms with E-state index < -0.39 is 12.0 Å². The van der Waals surface area contributed by atoms with Crippen LogP contribution in [0.3, 0.4) is 0 Å². The van der Waals surface area contributed by atoms with Gasteiger partial charge < -0.3 is 22.3 Å². The molecule has 1 amide bonds. The monoisotopic (exact) mass is 426 g/mol. The first kappa shape index (κ1) is 24.6. The Morgan fingerprint density at radius 3 is 1.71 bits per heavy atom. The number of carbonyl (C=O) groups excluding carboxylic acids is 1. The van der Waals surface area contributed by atoms with E-state index in [1.54, 1.807) is 0 Å². The summed E-state index contributed by atoms with van der Waals surface area (Å²) in [7, 11) is 0. The van der Waals surface area contributed by atoms with Crippen LogP contribution in [-0.4, -0.2) is 30.1 Å². The number of carboxylic acid groups (broad SMARTS) is 1. The summed E-state index contributed by atoms with van der Waals surface area (Å²) in [5.41, 5.74) is 14.6. The van der Waals surface area contributed by atoms with Gasteiger partial charge in [0.2, 0.25) is 6.41 Å². The Kier molecular flexibility index (Phi) is 16.5. The molecule has 7 N–H and O–H groups in total. The maximum atomic E-state index is 10.1. The smallest absolute Gasteiger partial charge is 0.320 e. The molecule has 2 rings (SSSR count). The van der Waals surface area contributed by atoms with Crippen molar-refractivity contribution in [2.45, 2.75) is 25.3 Å². The molecule has 6 nitrogen and oxygen atoms in total. The van der Waals surface area contributed by atoms with Crippen LogP contribution in [0.5, 0.6) is 0 Å². The molecule has 7 heteroatoms. The summed E-state index contributed by atoms with van der Waals surface area (Å²) in [6.07, 6.45) is 2.41. The number of aliphatic carboxylic acids is 1. The Bertz CT molecular complexity index is 516. The van der Waals surface area contributed by atoms with E-state index in [4.69, 9.17) is 21.4 Å². The number of benzene rings is 2. The van der Waals surface area contributed by atoms with Gasteiger partial charge in [-0.05, 0) is 30.2 Å². The van der Waals surface area contributed by atoms with Crippen LogP contribution in [0.15, 0.2) is 48.5 Å². The zero-order chi connectivity index (χ0) is 17.5. The molecule has 137 valence electrons. The van der Waals surface area contributed by atoms with Gasteiger partial charge in [-0.15, -0.1) is 0 Å². The third-order valence-corrected chi connectivity index (χ3v) is 2.95. The van der Waals surface area contributed by atoms with Crippen LogP contribution in [-0.2, 0) is 32.0 Å². The summed E-state index contributed by atoms with van der Waals surface area (Å²) in [6.45, 7) is 0.604. The van der Waals surface area contributed by atoms with Crippen LogP contribution >= 0.6 is 0 Å². The summed E-state index contributed by atoms with van der Waals surface area (Å²) in [5.74, 6) is -0.933. The van der Waals surface area contributed by atoms with Crippen molar-refractivity contribution in [3.63, 3.8) is 0 Å². The number of carbonyl (C=O) groups is 2. The van der Waals surface area contributed by atoms with E-state index >= 15 is 0 Å². The molecule has 0 fully saturated rings. The Balaban J connectivity index is 0. The van der Waals surface area contributed by atoms with Gasteiger partial charge in [0.25, 0.3) is 0 Å². The molecule has 0 saturated heterocycles. The SMILES string of the molecule is NC=O.NCCCCC(N)C(=O)O.[Ag].c1ccc2ccccc2c1. The predicted molar refractivity (Wildman–Crippen MR) is 92.7 cm³/mol. The molecule has 1 radical (unpaired) electrons. The van der Waals surface area contributed by atoms with Gasteiger partial charge in [0.15, 0.2) is 0 Å². The van der Waals surface area contributed by atoms with E-state index in [1.807, 2.05) is 0 Å². The molecule has 0 bridgehead atoms. The Hall–Kier alpha value is -1.70. The Morgan fingerprint density at radius 2 is 1.42 bits per heavy atom. The number of hydrogen-bond acceptors (Lipinski definition) is 4. The summed E-state index contributed by atoms with van der Waals surface area (Å²) in [6, 6.07) is 16.0. The standard InChI is InChI=1S/C10H8.C6H14N2O2.CH3NO.Ag/c1-2-6-10-8-4-3-7-9(10)5-1;7-4-2-1-3-5(8)6(9)10;2-1-3;/h1-8H;5H,1-4,7-8H2,(H,9,10);1H,(H2,2,3);. The minimum absolute atomic E-state index is 0. The van der Waals surface area contributed by atoms with E-state index in [0.717, 1.165) is 12.8 Å². The third kappa shape index (κ3) is 11.8. The zero-order valence-corrected chi connectivity index (χ0v) is 14.9. The van der Waals surface area contributed by atoms with Crippen molar-refractivity contribution < 1.29 is 37.1 Å². The van der Waals surface area contributed by atoms with Gasteiger partial charge in [-0.1, -0.05) is 55.0 Å². The van der Waals surface area contributed by atoms with E-state index in [9.17, 15) is 4.79 Å². The van der Waals surface area contributed by atoms with Crippen molar-refractivity contribution in [3.8, 4) is 0 Å². The molecular formula is C17H25AgN3O3. The number of primary amides is 1. The minimum Gasteiger partial charge on any atom is -0.480 e. The molecule has 0 heterocycles.